The third-order valence-corrected chi connectivity index (χ3v) is 3.48. The van der Waals surface area contributed by atoms with E-state index in [0.717, 1.165) is 35.4 Å². The second-order valence-corrected chi connectivity index (χ2v) is 5.09. The van der Waals surface area contributed by atoms with Crippen molar-refractivity contribution in [3.05, 3.63) is 28.3 Å². The van der Waals surface area contributed by atoms with Gasteiger partial charge in [0, 0.05) is 11.6 Å². The first-order valence-corrected chi connectivity index (χ1v) is 7.08. The molecule has 0 aliphatic rings. The Hall–Kier alpha value is -1.22. The third-order valence-electron chi connectivity index (χ3n) is 2.88. The summed E-state index contributed by atoms with van der Waals surface area (Å²) in [5.74, 6) is 0.601. The van der Waals surface area contributed by atoms with Crippen LogP contribution in [-0.2, 0) is 4.79 Å². The second kappa shape index (κ2) is 8.05. The molecule has 0 atom stereocenters. The molecule has 106 valence electrons. The molecule has 0 radical (unpaired) electrons. The number of rotatable bonds is 7. The number of hydrogen-bond acceptors (Lipinski definition) is 2. The quantitative estimate of drug-likeness (QED) is 0.776. The first-order chi connectivity index (χ1) is 9.04. The molecule has 0 bridgehead atoms. The zero-order chi connectivity index (χ0) is 14.3. The lowest BCUT2D eigenvalue weighted by molar-refractivity contribution is -0.123. The number of carbonyl (C=O) groups is 1. The van der Waals surface area contributed by atoms with Gasteiger partial charge in [-0.15, -0.1) is 0 Å². The number of unbranched alkanes of at least 4 members (excludes halogenated alkanes) is 2. The lowest BCUT2D eigenvalue weighted by atomic mass is 10.1. The Morgan fingerprint density at radius 3 is 2.47 bits per heavy atom. The van der Waals surface area contributed by atoms with Gasteiger partial charge >= 0.3 is 0 Å². The van der Waals surface area contributed by atoms with Crippen molar-refractivity contribution in [3.63, 3.8) is 0 Å². The minimum atomic E-state index is -0.0821. The number of carbonyl (C=O) groups excluding carboxylic acids is 1. The van der Waals surface area contributed by atoms with Gasteiger partial charge in [0.1, 0.15) is 5.75 Å². The van der Waals surface area contributed by atoms with Crippen molar-refractivity contribution in [1.82, 2.24) is 5.32 Å². The first kappa shape index (κ1) is 15.8. The molecule has 3 nitrogen and oxygen atoms in total. The van der Waals surface area contributed by atoms with E-state index in [2.05, 4.69) is 12.2 Å². The molecular weight excluding hydrogens is 262 g/mol. The predicted octanol–water partition coefficient (Wildman–Crippen LogP) is 3.64. The Bertz CT molecular complexity index is 409. The van der Waals surface area contributed by atoms with Gasteiger partial charge in [-0.2, -0.15) is 0 Å². The molecule has 1 rings (SSSR count). The van der Waals surface area contributed by atoms with Gasteiger partial charge in [0.15, 0.2) is 6.61 Å². The largest absolute Gasteiger partial charge is 0.484 e. The monoisotopic (exact) mass is 283 g/mol. The molecule has 19 heavy (non-hydrogen) atoms. The average molecular weight is 284 g/mol. The van der Waals surface area contributed by atoms with Gasteiger partial charge in [-0.25, -0.2) is 0 Å². The van der Waals surface area contributed by atoms with Gasteiger partial charge < -0.3 is 10.1 Å². The van der Waals surface area contributed by atoms with Gasteiger partial charge in [0.25, 0.3) is 5.91 Å². The zero-order valence-corrected chi connectivity index (χ0v) is 12.6. The summed E-state index contributed by atoms with van der Waals surface area (Å²) in [6.07, 6.45) is 3.30. The molecule has 4 heteroatoms. The first-order valence-electron chi connectivity index (χ1n) is 6.70. The number of halogens is 1. The molecule has 0 saturated heterocycles. The number of amides is 1. The molecule has 0 unspecified atom stereocenters. The van der Waals surface area contributed by atoms with Crippen molar-refractivity contribution in [2.75, 3.05) is 13.2 Å². The third kappa shape index (κ3) is 5.52. The van der Waals surface area contributed by atoms with Crippen LogP contribution < -0.4 is 10.1 Å². The molecule has 0 heterocycles. The number of hydrogen-bond donors (Lipinski definition) is 1. The summed E-state index contributed by atoms with van der Waals surface area (Å²) in [6, 6.07) is 3.69. The maximum absolute atomic E-state index is 11.6. The molecule has 0 aliphatic heterocycles. The standard InChI is InChI=1S/C15H22ClNO2/c1-4-5-6-7-17-14(18)10-19-13-8-11(2)15(16)12(3)9-13/h8-9H,4-7,10H2,1-3H3,(H,17,18). The highest BCUT2D eigenvalue weighted by Crippen LogP contribution is 2.25. The lowest BCUT2D eigenvalue weighted by Gasteiger charge is -2.10. The van der Waals surface area contributed by atoms with E-state index in [1.807, 2.05) is 26.0 Å². The summed E-state index contributed by atoms with van der Waals surface area (Å²) in [6.45, 7) is 6.75. The van der Waals surface area contributed by atoms with E-state index in [4.69, 9.17) is 16.3 Å². The Morgan fingerprint density at radius 1 is 1.26 bits per heavy atom. The van der Waals surface area contributed by atoms with E-state index in [0.29, 0.717) is 12.3 Å². The van der Waals surface area contributed by atoms with Gasteiger partial charge in [0.2, 0.25) is 0 Å². The van der Waals surface area contributed by atoms with Crippen LogP contribution in [0, 0.1) is 13.8 Å². The molecule has 0 aromatic heterocycles. The van der Waals surface area contributed by atoms with Crippen LogP contribution in [-0.4, -0.2) is 19.1 Å². The lowest BCUT2D eigenvalue weighted by Crippen LogP contribution is -2.29. The summed E-state index contributed by atoms with van der Waals surface area (Å²) in [7, 11) is 0. The summed E-state index contributed by atoms with van der Waals surface area (Å²) in [5.41, 5.74) is 1.92. The van der Waals surface area contributed by atoms with Crippen molar-refractivity contribution in [3.8, 4) is 5.75 Å². The molecule has 0 aliphatic carbocycles. The normalized spacial score (nSPS) is 10.3. The molecule has 1 aromatic rings. The number of nitrogens with one attached hydrogen (secondary N) is 1. The number of ether oxygens (including phenoxy) is 1. The van der Waals surface area contributed by atoms with Crippen LogP contribution in [0.3, 0.4) is 0 Å². The Balaban J connectivity index is 2.38. The van der Waals surface area contributed by atoms with E-state index < -0.39 is 0 Å². The van der Waals surface area contributed by atoms with Crippen LogP contribution in [0.5, 0.6) is 5.75 Å². The smallest absolute Gasteiger partial charge is 0.257 e. The van der Waals surface area contributed by atoms with Crippen molar-refractivity contribution < 1.29 is 9.53 Å². The summed E-state index contributed by atoms with van der Waals surface area (Å²) in [4.78, 5) is 11.6. The van der Waals surface area contributed by atoms with Gasteiger partial charge in [0.05, 0.1) is 0 Å². The fourth-order valence-electron chi connectivity index (χ4n) is 1.79. The number of benzene rings is 1. The maximum atomic E-state index is 11.6. The van der Waals surface area contributed by atoms with Crippen LogP contribution in [0.25, 0.3) is 0 Å². The fourth-order valence-corrected chi connectivity index (χ4v) is 1.90. The van der Waals surface area contributed by atoms with Crippen LogP contribution >= 0.6 is 11.6 Å². The topological polar surface area (TPSA) is 38.3 Å². The molecule has 1 aromatic carbocycles. The SMILES string of the molecule is CCCCCNC(=O)COc1cc(C)c(Cl)c(C)c1. The van der Waals surface area contributed by atoms with Crippen LogP contribution in [0.1, 0.15) is 37.3 Å². The van der Waals surface area contributed by atoms with Crippen molar-refractivity contribution >= 4 is 17.5 Å². The van der Waals surface area contributed by atoms with Crippen molar-refractivity contribution in [2.24, 2.45) is 0 Å². The van der Waals surface area contributed by atoms with Gasteiger partial charge in [-0.05, 0) is 43.5 Å². The molecule has 0 saturated carbocycles. The van der Waals surface area contributed by atoms with E-state index in [-0.39, 0.29) is 12.5 Å². The Labute approximate surface area is 120 Å². The van der Waals surface area contributed by atoms with E-state index in [1.54, 1.807) is 0 Å². The number of aryl methyl sites for hydroxylation is 2. The highest BCUT2D eigenvalue weighted by molar-refractivity contribution is 6.32. The van der Waals surface area contributed by atoms with E-state index in [9.17, 15) is 4.79 Å². The fraction of sp³-hybridized carbons (Fsp3) is 0.533. The van der Waals surface area contributed by atoms with Gasteiger partial charge in [-0.1, -0.05) is 31.4 Å². The predicted molar refractivity (Wildman–Crippen MR) is 79.0 cm³/mol. The Morgan fingerprint density at radius 2 is 1.89 bits per heavy atom. The van der Waals surface area contributed by atoms with Crippen LogP contribution in [0.4, 0.5) is 0 Å². The minimum absolute atomic E-state index is 0.0483. The highest BCUT2D eigenvalue weighted by atomic mass is 35.5. The van der Waals surface area contributed by atoms with Crippen molar-refractivity contribution in [1.29, 1.82) is 0 Å². The van der Waals surface area contributed by atoms with E-state index in [1.165, 1.54) is 0 Å². The highest BCUT2D eigenvalue weighted by Gasteiger charge is 2.06. The zero-order valence-electron chi connectivity index (χ0n) is 11.9. The summed E-state index contributed by atoms with van der Waals surface area (Å²) in [5, 5.41) is 3.58. The summed E-state index contributed by atoms with van der Waals surface area (Å²) >= 11 is 6.08. The molecule has 0 fully saturated rings. The van der Waals surface area contributed by atoms with Crippen molar-refractivity contribution in [2.45, 2.75) is 40.0 Å². The summed E-state index contributed by atoms with van der Waals surface area (Å²) < 4.78 is 5.47. The minimum Gasteiger partial charge on any atom is -0.484 e. The van der Waals surface area contributed by atoms with Gasteiger partial charge in [-0.3, -0.25) is 4.79 Å². The second-order valence-electron chi connectivity index (χ2n) is 4.72. The maximum Gasteiger partial charge on any atom is 0.257 e. The average Bonchev–Trinajstić information content (AvgIpc) is 2.38. The molecule has 0 spiro atoms. The molecule has 1 N–H and O–H groups in total. The Kier molecular flexibility index (Phi) is 6.71. The van der Waals surface area contributed by atoms with Crippen LogP contribution in [0.2, 0.25) is 5.02 Å². The molecule has 1 amide bonds. The van der Waals surface area contributed by atoms with Crippen LogP contribution in [0.15, 0.2) is 12.1 Å². The molecular formula is C15H22ClNO2. The van der Waals surface area contributed by atoms with E-state index >= 15 is 0 Å².